The van der Waals surface area contributed by atoms with E-state index in [2.05, 4.69) is 42.1 Å². The molecule has 3 aromatic rings. The van der Waals surface area contributed by atoms with Crippen molar-refractivity contribution in [2.45, 2.75) is 26.8 Å². The summed E-state index contributed by atoms with van der Waals surface area (Å²) >= 11 is 3.34. The Morgan fingerprint density at radius 1 is 1.24 bits per heavy atom. The maximum atomic E-state index is 13.4. The van der Waals surface area contributed by atoms with Crippen LogP contribution < -0.4 is 10.6 Å². The second kappa shape index (κ2) is 7.32. The molecule has 0 saturated carbocycles. The van der Waals surface area contributed by atoms with Crippen LogP contribution in [0.3, 0.4) is 0 Å². The zero-order chi connectivity index (χ0) is 20.7. The summed E-state index contributed by atoms with van der Waals surface area (Å²) in [6.45, 7) is 5.79. The van der Waals surface area contributed by atoms with Crippen molar-refractivity contribution < 1.29 is 9.90 Å². The third-order valence-corrected chi connectivity index (χ3v) is 5.73. The molecule has 0 spiro atoms. The lowest BCUT2D eigenvalue weighted by Crippen LogP contribution is -2.31. The number of benzene rings is 2. The number of tetrazole rings is 1. The molecule has 2 heterocycles. The Bertz CT molecular complexity index is 1150. The van der Waals surface area contributed by atoms with Crippen LogP contribution in [-0.2, 0) is 4.79 Å². The molecule has 4 rings (SSSR count). The van der Waals surface area contributed by atoms with E-state index in [-0.39, 0.29) is 11.7 Å². The predicted molar refractivity (Wildman–Crippen MR) is 113 cm³/mol. The van der Waals surface area contributed by atoms with E-state index >= 15 is 0 Å². The molecule has 1 atom stereocenters. The second-order valence-electron chi connectivity index (χ2n) is 6.93. The van der Waals surface area contributed by atoms with Gasteiger partial charge in [-0.2, -0.15) is 4.68 Å². The average molecular weight is 455 g/mol. The summed E-state index contributed by atoms with van der Waals surface area (Å²) in [7, 11) is 0. The fraction of sp³-hybridized carbons (Fsp3) is 0.200. The number of aromatic hydroxyl groups is 1. The average Bonchev–Trinajstić information content (AvgIpc) is 3.14. The Kier molecular flexibility index (Phi) is 4.83. The second-order valence-corrected chi connectivity index (χ2v) is 7.78. The first-order chi connectivity index (χ1) is 13.9. The summed E-state index contributed by atoms with van der Waals surface area (Å²) in [5.41, 5.74) is 4.76. The van der Waals surface area contributed by atoms with Crippen molar-refractivity contribution in [3.8, 4) is 5.75 Å². The molecule has 1 aliphatic heterocycles. The van der Waals surface area contributed by atoms with E-state index in [1.54, 1.807) is 22.9 Å². The van der Waals surface area contributed by atoms with Crippen molar-refractivity contribution in [2.75, 3.05) is 10.6 Å². The zero-order valence-electron chi connectivity index (χ0n) is 16.1. The van der Waals surface area contributed by atoms with Gasteiger partial charge in [-0.15, -0.1) is 0 Å². The molecule has 1 unspecified atom stereocenters. The highest BCUT2D eigenvalue weighted by atomic mass is 79.9. The number of amides is 1. The van der Waals surface area contributed by atoms with Gasteiger partial charge in [-0.3, -0.25) is 4.79 Å². The van der Waals surface area contributed by atoms with E-state index in [9.17, 15) is 9.90 Å². The van der Waals surface area contributed by atoms with Crippen molar-refractivity contribution in [1.82, 2.24) is 20.2 Å². The fourth-order valence-electron chi connectivity index (χ4n) is 3.38. The number of fused-ring (bicyclic) bond motifs is 1. The van der Waals surface area contributed by atoms with E-state index < -0.39 is 6.04 Å². The number of rotatable bonds is 3. The summed E-state index contributed by atoms with van der Waals surface area (Å²) < 4.78 is 2.08. The number of allylic oxidation sites excluding steroid dienone is 1. The van der Waals surface area contributed by atoms with E-state index in [4.69, 9.17) is 0 Å². The lowest BCUT2D eigenvalue weighted by molar-refractivity contribution is -0.113. The number of hydrogen-bond donors (Lipinski definition) is 3. The van der Waals surface area contributed by atoms with Gasteiger partial charge in [0.25, 0.3) is 5.91 Å². The SMILES string of the molecule is CC1=C(C(=O)Nc2cccc(C)c2C)C(c2ccc(O)c(Br)c2)n2nnnc2N1. The van der Waals surface area contributed by atoms with Gasteiger partial charge in [0.1, 0.15) is 11.8 Å². The topological polar surface area (TPSA) is 105 Å². The Morgan fingerprint density at radius 2 is 2.03 bits per heavy atom. The minimum atomic E-state index is -0.553. The van der Waals surface area contributed by atoms with Gasteiger partial charge in [-0.1, -0.05) is 23.3 Å². The summed E-state index contributed by atoms with van der Waals surface area (Å²) in [5.74, 6) is 0.306. The number of hydrogen-bond acceptors (Lipinski definition) is 6. The van der Waals surface area contributed by atoms with Crippen LogP contribution in [-0.4, -0.2) is 31.2 Å². The van der Waals surface area contributed by atoms with Crippen molar-refractivity contribution in [3.63, 3.8) is 0 Å². The minimum absolute atomic E-state index is 0.113. The zero-order valence-corrected chi connectivity index (χ0v) is 17.6. The highest BCUT2D eigenvalue weighted by molar-refractivity contribution is 9.10. The van der Waals surface area contributed by atoms with Crippen molar-refractivity contribution in [2.24, 2.45) is 0 Å². The van der Waals surface area contributed by atoms with Gasteiger partial charge in [0, 0.05) is 11.4 Å². The first-order valence-electron chi connectivity index (χ1n) is 8.98. The molecule has 1 aliphatic rings. The standard InChI is InChI=1S/C20H19BrN6O2/c1-10-5-4-6-15(11(10)2)23-19(29)17-12(3)22-20-24-25-26-27(20)18(17)13-7-8-16(28)14(21)9-13/h4-9,18,28H,1-3H3,(H,23,29)(H,22,24,26). The van der Waals surface area contributed by atoms with Crippen LogP contribution in [0, 0.1) is 13.8 Å². The molecule has 0 radical (unpaired) electrons. The van der Waals surface area contributed by atoms with Crippen LogP contribution in [0.4, 0.5) is 11.6 Å². The van der Waals surface area contributed by atoms with E-state index in [0.717, 1.165) is 22.4 Å². The number of halogens is 1. The molecule has 29 heavy (non-hydrogen) atoms. The normalized spacial score (nSPS) is 15.7. The van der Waals surface area contributed by atoms with Gasteiger partial charge in [0.15, 0.2) is 0 Å². The molecule has 1 aromatic heterocycles. The Labute approximate surface area is 175 Å². The van der Waals surface area contributed by atoms with Gasteiger partial charge in [0.05, 0.1) is 10.0 Å². The van der Waals surface area contributed by atoms with Crippen LogP contribution in [0.5, 0.6) is 5.75 Å². The number of aromatic nitrogens is 4. The van der Waals surface area contributed by atoms with E-state index in [1.165, 1.54) is 0 Å². The molecule has 1 amide bonds. The molecule has 0 saturated heterocycles. The smallest absolute Gasteiger partial charge is 0.255 e. The van der Waals surface area contributed by atoms with Crippen molar-refractivity contribution >= 4 is 33.5 Å². The van der Waals surface area contributed by atoms with Crippen LogP contribution in [0.2, 0.25) is 0 Å². The van der Waals surface area contributed by atoms with Crippen LogP contribution in [0.15, 0.2) is 52.1 Å². The van der Waals surface area contributed by atoms with E-state index in [0.29, 0.717) is 21.7 Å². The third-order valence-electron chi connectivity index (χ3n) is 5.10. The number of phenolic OH excluding ortho intramolecular Hbond substituents is 1. The summed E-state index contributed by atoms with van der Waals surface area (Å²) in [4.78, 5) is 13.4. The molecule has 0 bridgehead atoms. The molecule has 8 nitrogen and oxygen atoms in total. The first-order valence-corrected chi connectivity index (χ1v) is 9.77. The summed E-state index contributed by atoms with van der Waals surface area (Å²) in [6.07, 6.45) is 0. The maximum absolute atomic E-state index is 13.4. The third kappa shape index (κ3) is 3.38. The molecular formula is C20H19BrN6O2. The highest BCUT2D eigenvalue weighted by Gasteiger charge is 2.34. The monoisotopic (exact) mass is 454 g/mol. The molecule has 0 fully saturated rings. The summed E-state index contributed by atoms with van der Waals surface area (Å²) in [5, 5.41) is 27.8. The van der Waals surface area contributed by atoms with Crippen LogP contribution in [0.1, 0.15) is 29.7 Å². The van der Waals surface area contributed by atoms with Gasteiger partial charge < -0.3 is 15.7 Å². The van der Waals surface area contributed by atoms with Gasteiger partial charge in [-0.05, 0) is 82.0 Å². The molecule has 2 aromatic carbocycles. The quantitative estimate of drug-likeness (QED) is 0.557. The molecule has 0 aliphatic carbocycles. The number of carbonyl (C=O) groups is 1. The largest absolute Gasteiger partial charge is 0.507 e. The van der Waals surface area contributed by atoms with Gasteiger partial charge in [-0.25, -0.2) is 0 Å². The first kappa shape index (κ1) is 19.1. The lowest BCUT2D eigenvalue weighted by atomic mass is 9.94. The van der Waals surface area contributed by atoms with Crippen molar-refractivity contribution in [3.05, 3.63) is 68.8 Å². The molecule has 148 valence electrons. The van der Waals surface area contributed by atoms with Crippen LogP contribution >= 0.6 is 15.9 Å². The number of anilines is 2. The summed E-state index contributed by atoms with van der Waals surface area (Å²) in [6, 6.07) is 10.3. The number of carbonyl (C=O) groups excluding carboxylic acids is 1. The fourth-order valence-corrected chi connectivity index (χ4v) is 3.78. The van der Waals surface area contributed by atoms with Gasteiger partial charge in [0.2, 0.25) is 5.95 Å². The number of phenols is 1. The lowest BCUT2D eigenvalue weighted by Gasteiger charge is -2.28. The Morgan fingerprint density at radius 3 is 2.79 bits per heavy atom. The molecule has 3 N–H and O–H groups in total. The molecule has 9 heteroatoms. The minimum Gasteiger partial charge on any atom is -0.507 e. The van der Waals surface area contributed by atoms with Crippen molar-refractivity contribution in [1.29, 1.82) is 0 Å². The highest BCUT2D eigenvalue weighted by Crippen LogP contribution is 2.37. The number of nitrogens with one attached hydrogen (secondary N) is 2. The Hall–Kier alpha value is -3.20. The predicted octanol–water partition coefficient (Wildman–Crippen LogP) is 3.69. The molecular weight excluding hydrogens is 436 g/mol. The Balaban J connectivity index is 1.79. The number of nitrogens with zero attached hydrogens (tertiary/aromatic N) is 4. The maximum Gasteiger partial charge on any atom is 0.255 e. The van der Waals surface area contributed by atoms with Crippen LogP contribution in [0.25, 0.3) is 0 Å². The van der Waals surface area contributed by atoms with Gasteiger partial charge >= 0.3 is 0 Å². The number of aryl methyl sites for hydroxylation is 1. The van der Waals surface area contributed by atoms with E-state index in [1.807, 2.05) is 39.0 Å².